The Labute approximate surface area is 132 Å². The average Bonchev–Trinajstić information content (AvgIpc) is 2.40. The average molecular weight is 334 g/mol. The van der Waals surface area contributed by atoms with Crippen LogP contribution >= 0.6 is 8.53 Å². The van der Waals surface area contributed by atoms with E-state index in [0.717, 1.165) is 0 Å². The topological polar surface area (TPSA) is 107 Å². The lowest BCUT2D eigenvalue weighted by molar-refractivity contribution is -0.158. The minimum Gasteiger partial charge on any atom is -0.462 e. The Morgan fingerprint density at radius 3 is 2.36 bits per heavy atom. The molecule has 9 heteroatoms. The second-order valence-electron chi connectivity index (χ2n) is 4.61. The zero-order chi connectivity index (χ0) is 17.0. The number of hydrogen-bond donors (Lipinski definition) is 1. The number of rotatable bonds is 11. The molecule has 0 aliphatic heterocycles. The lowest BCUT2D eigenvalue weighted by Crippen LogP contribution is -2.29. The molecular formula is C13H23N2O6P. The highest BCUT2D eigenvalue weighted by atomic mass is 31.2. The molecule has 0 heterocycles. The third-order valence-electron chi connectivity index (χ3n) is 1.97. The van der Waals surface area contributed by atoms with Gasteiger partial charge in [0.05, 0.1) is 25.7 Å². The van der Waals surface area contributed by atoms with Crippen LogP contribution < -0.4 is 5.09 Å². The fraction of sp³-hybridized carbons (Fsp3) is 0.769. The van der Waals surface area contributed by atoms with Gasteiger partial charge in [-0.15, -0.1) is 0 Å². The summed E-state index contributed by atoms with van der Waals surface area (Å²) in [6.07, 6.45) is -0.456. The van der Waals surface area contributed by atoms with Crippen LogP contribution in [0.15, 0.2) is 0 Å². The van der Waals surface area contributed by atoms with Crippen LogP contribution in [0.3, 0.4) is 0 Å². The van der Waals surface area contributed by atoms with E-state index < -0.39 is 26.6 Å². The molecule has 0 aliphatic rings. The molecule has 0 spiro atoms. The maximum Gasteiger partial charge on any atom is 0.303 e. The Bertz CT molecular complexity index is 385. The number of nitriles is 1. The number of hydrogen-bond acceptors (Lipinski definition) is 8. The Hall–Kier alpha value is -1.26. The Balaban J connectivity index is 4.40. The van der Waals surface area contributed by atoms with E-state index >= 15 is 0 Å². The van der Waals surface area contributed by atoms with Gasteiger partial charge in [0, 0.05) is 19.9 Å². The van der Waals surface area contributed by atoms with E-state index in [-0.39, 0.29) is 32.3 Å². The van der Waals surface area contributed by atoms with Crippen molar-refractivity contribution in [2.45, 2.75) is 46.3 Å². The third kappa shape index (κ3) is 12.5. The maximum absolute atomic E-state index is 11.0. The maximum atomic E-state index is 11.0. The van der Waals surface area contributed by atoms with Crippen LogP contribution in [0.2, 0.25) is 0 Å². The lowest BCUT2D eigenvalue weighted by atomic mass is 10.4. The van der Waals surface area contributed by atoms with E-state index in [4.69, 9.17) is 23.8 Å². The molecule has 0 radical (unpaired) electrons. The minimum absolute atomic E-state index is 0.0187. The molecule has 22 heavy (non-hydrogen) atoms. The van der Waals surface area contributed by atoms with Crippen molar-refractivity contribution in [3.8, 4) is 6.07 Å². The first-order valence-electron chi connectivity index (χ1n) is 6.84. The fourth-order valence-electron chi connectivity index (χ4n) is 1.21. The van der Waals surface area contributed by atoms with Gasteiger partial charge in [-0.3, -0.25) is 9.59 Å². The summed E-state index contributed by atoms with van der Waals surface area (Å²) in [7, 11) is -1.43. The first kappa shape index (κ1) is 20.7. The summed E-state index contributed by atoms with van der Waals surface area (Å²) in [6, 6.07) is 2.09. The second kappa shape index (κ2) is 12.3. The molecule has 0 fully saturated rings. The quantitative estimate of drug-likeness (QED) is 0.345. The monoisotopic (exact) mass is 334 g/mol. The van der Waals surface area contributed by atoms with Crippen molar-refractivity contribution in [3.05, 3.63) is 0 Å². The van der Waals surface area contributed by atoms with Crippen molar-refractivity contribution in [1.29, 1.82) is 5.26 Å². The van der Waals surface area contributed by atoms with Crippen molar-refractivity contribution < 1.29 is 28.1 Å². The van der Waals surface area contributed by atoms with Gasteiger partial charge in [0.25, 0.3) is 8.53 Å². The van der Waals surface area contributed by atoms with E-state index in [1.165, 1.54) is 13.8 Å². The van der Waals surface area contributed by atoms with Crippen LogP contribution in [-0.4, -0.2) is 43.9 Å². The molecule has 0 aromatic carbocycles. The highest BCUT2D eigenvalue weighted by Gasteiger charge is 2.19. The van der Waals surface area contributed by atoms with Gasteiger partial charge < -0.3 is 18.5 Å². The molecule has 2 atom stereocenters. The molecule has 0 saturated carbocycles. The van der Waals surface area contributed by atoms with Crippen LogP contribution in [0.5, 0.6) is 0 Å². The van der Waals surface area contributed by atoms with E-state index in [0.29, 0.717) is 0 Å². The van der Waals surface area contributed by atoms with Crippen molar-refractivity contribution >= 4 is 20.5 Å². The first-order valence-corrected chi connectivity index (χ1v) is 8.02. The zero-order valence-electron chi connectivity index (χ0n) is 13.3. The highest BCUT2D eigenvalue weighted by Crippen LogP contribution is 2.34. The van der Waals surface area contributed by atoms with Gasteiger partial charge in [-0.2, -0.15) is 5.26 Å². The number of esters is 2. The van der Waals surface area contributed by atoms with E-state index in [1.54, 1.807) is 0 Å². The van der Waals surface area contributed by atoms with Gasteiger partial charge in [-0.25, -0.2) is 5.09 Å². The SMILES string of the molecule is CC(=O)OC[C@H](COP(NC(C)C)OCCC#N)OC(C)=O. The van der Waals surface area contributed by atoms with Gasteiger partial charge in [0.15, 0.2) is 6.10 Å². The smallest absolute Gasteiger partial charge is 0.303 e. The molecule has 0 rings (SSSR count). The predicted octanol–water partition coefficient (Wildman–Crippen LogP) is 1.65. The number of nitrogens with zero attached hydrogens (tertiary/aromatic N) is 1. The van der Waals surface area contributed by atoms with Crippen molar-refractivity contribution in [2.24, 2.45) is 0 Å². The van der Waals surface area contributed by atoms with Gasteiger partial charge in [-0.1, -0.05) is 0 Å². The molecule has 1 N–H and O–H groups in total. The molecule has 1 unspecified atom stereocenters. The van der Waals surface area contributed by atoms with Gasteiger partial charge in [0.1, 0.15) is 6.61 Å². The van der Waals surface area contributed by atoms with Crippen LogP contribution in [0, 0.1) is 11.3 Å². The van der Waals surface area contributed by atoms with Gasteiger partial charge in [-0.05, 0) is 13.8 Å². The summed E-state index contributed by atoms with van der Waals surface area (Å²) in [6.45, 7) is 6.56. The molecule has 0 aromatic rings. The predicted molar refractivity (Wildman–Crippen MR) is 79.5 cm³/mol. The molecule has 0 bridgehead atoms. The lowest BCUT2D eigenvalue weighted by Gasteiger charge is -2.23. The molecule has 0 aliphatic carbocycles. The summed E-state index contributed by atoms with van der Waals surface area (Å²) >= 11 is 0. The van der Waals surface area contributed by atoms with E-state index in [9.17, 15) is 9.59 Å². The summed E-state index contributed by atoms with van der Waals surface area (Å²) in [5.41, 5.74) is 0. The van der Waals surface area contributed by atoms with Crippen molar-refractivity contribution in [2.75, 3.05) is 19.8 Å². The molecular weight excluding hydrogens is 311 g/mol. The van der Waals surface area contributed by atoms with Crippen LogP contribution in [0.4, 0.5) is 0 Å². The zero-order valence-corrected chi connectivity index (χ0v) is 14.2. The summed E-state index contributed by atoms with van der Waals surface area (Å²) in [5.74, 6) is -0.961. The second-order valence-corrected chi connectivity index (χ2v) is 5.90. The summed E-state index contributed by atoms with van der Waals surface area (Å²) in [5, 5.41) is 11.6. The van der Waals surface area contributed by atoms with Gasteiger partial charge >= 0.3 is 11.9 Å². The number of ether oxygens (including phenoxy) is 2. The van der Waals surface area contributed by atoms with E-state index in [1.807, 2.05) is 19.9 Å². The van der Waals surface area contributed by atoms with Crippen molar-refractivity contribution in [1.82, 2.24) is 5.09 Å². The minimum atomic E-state index is -1.43. The molecule has 0 saturated heterocycles. The fourth-order valence-corrected chi connectivity index (χ4v) is 2.41. The van der Waals surface area contributed by atoms with E-state index in [2.05, 4.69) is 5.09 Å². The molecule has 0 amide bonds. The Morgan fingerprint density at radius 1 is 1.18 bits per heavy atom. The number of nitrogens with one attached hydrogen (secondary N) is 1. The summed E-state index contributed by atoms with van der Waals surface area (Å²) in [4.78, 5) is 21.9. The number of carbonyl (C=O) groups excluding carboxylic acids is 2. The third-order valence-corrected chi connectivity index (χ3v) is 3.50. The number of carbonyl (C=O) groups is 2. The van der Waals surface area contributed by atoms with Crippen LogP contribution in [-0.2, 0) is 28.1 Å². The van der Waals surface area contributed by atoms with Crippen molar-refractivity contribution in [3.63, 3.8) is 0 Å². The Kier molecular flexibility index (Phi) is 11.6. The first-order chi connectivity index (χ1) is 10.3. The highest BCUT2D eigenvalue weighted by molar-refractivity contribution is 7.45. The molecule has 8 nitrogen and oxygen atoms in total. The molecule has 0 aromatic heterocycles. The molecule has 126 valence electrons. The largest absolute Gasteiger partial charge is 0.462 e. The normalized spacial score (nSPS) is 13.3. The van der Waals surface area contributed by atoms with Crippen LogP contribution in [0.25, 0.3) is 0 Å². The Morgan fingerprint density at radius 2 is 1.86 bits per heavy atom. The van der Waals surface area contributed by atoms with Crippen LogP contribution in [0.1, 0.15) is 34.1 Å². The standard InChI is InChI=1S/C13H23N2O6P/c1-10(2)15-22(19-7-5-6-14)20-9-13(21-12(4)17)8-18-11(3)16/h10,13,15H,5,7-9H2,1-4H3/t13-,22?/m1/s1. The summed E-state index contributed by atoms with van der Waals surface area (Å²) < 4.78 is 20.8. The van der Waals surface area contributed by atoms with Gasteiger partial charge in [0.2, 0.25) is 0 Å².